The molecule has 0 bridgehead atoms. The molecule has 0 saturated heterocycles. The maximum atomic E-state index is 12.9. The Labute approximate surface area is 149 Å². The number of nitrogens with one attached hydrogen (secondary N) is 2. The van der Waals surface area contributed by atoms with Crippen LogP contribution in [0.15, 0.2) is 29.1 Å². The predicted molar refractivity (Wildman–Crippen MR) is 93.1 cm³/mol. The molecule has 0 saturated carbocycles. The van der Waals surface area contributed by atoms with Gasteiger partial charge < -0.3 is 15.7 Å². The smallest absolute Gasteiger partial charge is 0.296 e. The van der Waals surface area contributed by atoms with Gasteiger partial charge in [0.2, 0.25) is 11.7 Å². The molecule has 2 aromatic rings. The van der Waals surface area contributed by atoms with Gasteiger partial charge in [-0.15, -0.1) is 0 Å². The molecule has 0 aliphatic carbocycles. The van der Waals surface area contributed by atoms with Gasteiger partial charge in [-0.1, -0.05) is 12.1 Å². The molecule has 1 amide bonds. The Bertz CT molecular complexity index is 891. The van der Waals surface area contributed by atoms with Crippen molar-refractivity contribution in [2.75, 3.05) is 6.54 Å². The third-order valence-corrected chi connectivity index (χ3v) is 4.41. The van der Waals surface area contributed by atoms with E-state index in [0.29, 0.717) is 18.9 Å². The molecule has 1 aliphatic heterocycles. The van der Waals surface area contributed by atoms with Crippen LogP contribution < -0.4 is 16.2 Å². The number of aromatic hydroxyl groups is 1. The van der Waals surface area contributed by atoms with Crippen molar-refractivity contribution in [2.24, 2.45) is 0 Å². The van der Waals surface area contributed by atoms with Gasteiger partial charge in [0.1, 0.15) is 11.6 Å². The lowest BCUT2D eigenvalue weighted by molar-refractivity contribution is -0.120. The first-order valence-electron chi connectivity index (χ1n) is 8.37. The van der Waals surface area contributed by atoms with E-state index in [-0.39, 0.29) is 30.4 Å². The first kappa shape index (κ1) is 18.1. The van der Waals surface area contributed by atoms with Gasteiger partial charge in [-0.25, -0.2) is 9.37 Å². The van der Waals surface area contributed by atoms with E-state index in [9.17, 15) is 19.1 Å². The monoisotopic (exact) mass is 360 g/mol. The number of nitrogens with zero attached hydrogens (tertiary/aromatic N) is 2. The first-order valence-corrected chi connectivity index (χ1v) is 8.37. The molecule has 1 aromatic carbocycles. The Hall–Kier alpha value is -2.74. The summed E-state index contributed by atoms with van der Waals surface area (Å²) in [5.41, 5.74) is -0.280. The summed E-state index contributed by atoms with van der Waals surface area (Å²) in [5.74, 6) is -0.737. The van der Waals surface area contributed by atoms with E-state index >= 15 is 0 Å². The Kier molecular flexibility index (Phi) is 4.78. The number of halogens is 1. The summed E-state index contributed by atoms with van der Waals surface area (Å²) >= 11 is 0. The molecule has 0 atom stereocenters. The molecule has 0 fully saturated rings. The zero-order chi connectivity index (χ0) is 18.9. The Morgan fingerprint density at radius 3 is 2.77 bits per heavy atom. The largest absolute Gasteiger partial charge is 0.502 e. The normalized spacial score (nSPS) is 15.3. The number of hydrogen-bond acceptors (Lipinski definition) is 5. The molecule has 8 heteroatoms. The topological polar surface area (TPSA) is 96.2 Å². The van der Waals surface area contributed by atoms with Gasteiger partial charge in [-0.05, 0) is 31.5 Å². The zero-order valence-corrected chi connectivity index (χ0v) is 14.7. The molecular formula is C18H21FN4O3. The lowest BCUT2D eigenvalue weighted by Gasteiger charge is -2.33. The standard InChI is InChI=1S/C18H21FN4O3/c1-18(2)17-22-13(15(25)16(26)23(17)8-7-21-18)9-14(24)20-10-11-3-5-12(19)6-4-11/h3-6,21,25H,7-10H2,1-2H3,(H,20,24). The fourth-order valence-corrected chi connectivity index (χ4v) is 2.97. The van der Waals surface area contributed by atoms with E-state index < -0.39 is 16.8 Å². The second-order valence-corrected chi connectivity index (χ2v) is 6.82. The number of carbonyl (C=O) groups excluding carboxylic acids is 1. The Morgan fingerprint density at radius 1 is 1.38 bits per heavy atom. The zero-order valence-electron chi connectivity index (χ0n) is 14.7. The highest BCUT2D eigenvalue weighted by molar-refractivity contribution is 5.78. The van der Waals surface area contributed by atoms with Crippen LogP contribution in [0.25, 0.3) is 0 Å². The van der Waals surface area contributed by atoms with Crippen LogP contribution in [0.2, 0.25) is 0 Å². The van der Waals surface area contributed by atoms with Crippen molar-refractivity contribution in [3.63, 3.8) is 0 Å². The van der Waals surface area contributed by atoms with Gasteiger partial charge in [0.05, 0.1) is 17.7 Å². The van der Waals surface area contributed by atoms with Gasteiger partial charge in [-0.3, -0.25) is 14.2 Å². The highest BCUT2D eigenvalue weighted by Gasteiger charge is 2.31. The van der Waals surface area contributed by atoms with E-state index in [2.05, 4.69) is 15.6 Å². The quantitative estimate of drug-likeness (QED) is 0.749. The molecule has 0 unspecified atom stereocenters. The first-order chi connectivity index (χ1) is 12.3. The van der Waals surface area contributed by atoms with Crippen LogP contribution >= 0.6 is 0 Å². The number of rotatable bonds is 4. The minimum Gasteiger partial charge on any atom is -0.502 e. The molecule has 0 radical (unpaired) electrons. The van der Waals surface area contributed by atoms with Crippen molar-refractivity contribution in [1.29, 1.82) is 0 Å². The fraction of sp³-hybridized carbons (Fsp3) is 0.389. The van der Waals surface area contributed by atoms with E-state index in [1.165, 1.54) is 16.7 Å². The Morgan fingerprint density at radius 2 is 2.08 bits per heavy atom. The van der Waals surface area contributed by atoms with Crippen molar-refractivity contribution in [3.05, 3.63) is 57.5 Å². The van der Waals surface area contributed by atoms with Gasteiger partial charge in [0, 0.05) is 19.6 Å². The second kappa shape index (κ2) is 6.87. The van der Waals surface area contributed by atoms with Crippen LogP contribution in [0.4, 0.5) is 4.39 Å². The van der Waals surface area contributed by atoms with Crippen LogP contribution in [-0.4, -0.2) is 27.1 Å². The number of hydrogen-bond donors (Lipinski definition) is 3. The lowest BCUT2D eigenvalue weighted by Crippen LogP contribution is -2.49. The molecule has 1 aromatic heterocycles. The van der Waals surface area contributed by atoms with Crippen LogP contribution in [0.5, 0.6) is 5.75 Å². The minimum atomic E-state index is -0.537. The summed E-state index contributed by atoms with van der Waals surface area (Å²) in [7, 11) is 0. The maximum Gasteiger partial charge on any atom is 0.296 e. The second-order valence-electron chi connectivity index (χ2n) is 6.82. The van der Waals surface area contributed by atoms with Crippen LogP contribution in [0.3, 0.4) is 0 Å². The predicted octanol–water partition coefficient (Wildman–Crippen LogP) is 0.785. The number of carbonyl (C=O) groups is 1. The maximum absolute atomic E-state index is 12.9. The van der Waals surface area contributed by atoms with Crippen molar-refractivity contribution < 1.29 is 14.3 Å². The summed E-state index contributed by atoms with van der Waals surface area (Å²) in [6, 6.07) is 5.78. The molecule has 0 spiro atoms. The Balaban J connectivity index is 1.77. The van der Waals surface area contributed by atoms with Crippen molar-refractivity contribution in [2.45, 2.75) is 38.9 Å². The van der Waals surface area contributed by atoms with Crippen LogP contribution in [-0.2, 0) is 29.8 Å². The van der Waals surface area contributed by atoms with E-state index in [1.54, 1.807) is 12.1 Å². The third kappa shape index (κ3) is 3.60. The van der Waals surface area contributed by atoms with Gasteiger partial charge in [0.25, 0.3) is 5.56 Å². The van der Waals surface area contributed by atoms with Crippen molar-refractivity contribution in [3.8, 4) is 5.75 Å². The van der Waals surface area contributed by atoms with E-state index in [4.69, 9.17) is 0 Å². The molecule has 138 valence electrons. The number of fused-ring (bicyclic) bond motifs is 1. The minimum absolute atomic E-state index is 0.0506. The summed E-state index contributed by atoms with van der Waals surface area (Å²) in [6.45, 7) is 5.00. The third-order valence-electron chi connectivity index (χ3n) is 4.41. The molecule has 7 nitrogen and oxygen atoms in total. The molecule has 3 N–H and O–H groups in total. The van der Waals surface area contributed by atoms with E-state index in [0.717, 1.165) is 5.56 Å². The SMILES string of the molecule is CC1(C)NCCn2c1nc(CC(=O)NCc1ccc(F)cc1)c(O)c2=O. The average Bonchev–Trinajstić information content (AvgIpc) is 2.59. The van der Waals surface area contributed by atoms with Crippen LogP contribution in [0.1, 0.15) is 30.9 Å². The molecule has 2 heterocycles. The number of aromatic nitrogens is 2. The number of amides is 1. The van der Waals surface area contributed by atoms with Gasteiger partial charge in [0.15, 0.2) is 0 Å². The van der Waals surface area contributed by atoms with Crippen molar-refractivity contribution in [1.82, 2.24) is 20.2 Å². The summed E-state index contributed by atoms with van der Waals surface area (Å²) < 4.78 is 14.3. The van der Waals surface area contributed by atoms with Crippen molar-refractivity contribution >= 4 is 5.91 Å². The molecule has 3 rings (SSSR count). The van der Waals surface area contributed by atoms with Gasteiger partial charge in [-0.2, -0.15) is 0 Å². The highest BCUT2D eigenvalue weighted by atomic mass is 19.1. The van der Waals surface area contributed by atoms with E-state index in [1.807, 2.05) is 13.8 Å². The lowest BCUT2D eigenvalue weighted by atomic mass is 10.0. The summed E-state index contributed by atoms with van der Waals surface area (Å²) in [5, 5.41) is 16.1. The summed E-state index contributed by atoms with van der Waals surface area (Å²) in [4.78, 5) is 29.0. The summed E-state index contributed by atoms with van der Waals surface area (Å²) in [6.07, 6.45) is -0.216. The molecule has 26 heavy (non-hydrogen) atoms. The molecular weight excluding hydrogens is 339 g/mol. The van der Waals surface area contributed by atoms with Crippen LogP contribution in [0, 0.1) is 5.82 Å². The average molecular weight is 360 g/mol. The molecule has 1 aliphatic rings. The van der Waals surface area contributed by atoms with Gasteiger partial charge >= 0.3 is 0 Å². The highest BCUT2D eigenvalue weighted by Crippen LogP contribution is 2.22. The fourth-order valence-electron chi connectivity index (χ4n) is 2.97. The number of benzene rings is 1.